The van der Waals surface area contributed by atoms with E-state index in [1.165, 1.54) is 6.39 Å². The summed E-state index contributed by atoms with van der Waals surface area (Å²) in [6, 6.07) is 5.53. The molecular weight excluding hydrogens is 349 g/mol. The first-order valence-corrected chi connectivity index (χ1v) is 8.81. The van der Waals surface area contributed by atoms with Crippen LogP contribution in [-0.4, -0.2) is 30.0 Å². The molecule has 5 nitrogen and oxygen atoms in total. The zero-order valence-corrected chi connectivity index (χ0v) is 14.5. The van der Waals surface area contributed by atoms with Gasteiger partial charge in [-0.05, 0) is 37.5 Å². The van der Waals surface area contributed by atoms with E-state index in [1.54, 1.807) is 6.07 Å². The number of halogens is 2. The molecule has 24 heavy (non-hydrogen) atoms. The van der Waals surface area contributed by atoms with Crippen molar-refractivity contribution in [2.45, 2.75) is 31.2 Å². The van der Waals surface area contributed by atoms with Crippen LogP contribution < -0.4 is 10.2 Å². The van der Waals surface area contributed by atoms with Gasteiger partial charge in [-0.15, -0.1) is 0 Å². The zero-order valence-electron chi connectivity index (χ0n) is 13.0. The molecular formula is C17H17Cl2N3O2. The third kappa shape index (κ3) is 3.10. The Morgan fingerprint density at radius 2 is 2.12 bits per heavy atom. The molecule has 1 unspecified atom stereocenters. The van der Waals surface area contributed by atoms with Crippen LogP contribution in [0.3, 0.4) is 0 Å². The molecule has 0 radical (unpaired) electrons. The van der Waals surface area contributed by atoms with Crippen LogP contribution in [0.25, 0.3) is 0 Å². The fraction of sp³-hybridized carbons (Fsp3) is 0.412. The van der Waals surface area contributed by atoms with Gasteiger partial charge in [-0.2, -0.15) is 0 Å². The highest BCUT2D eigenvalue weighted by Crippen LogP contribution is 2.40. The SMILES string of the molecule is O=C(NC1CCN(c2ccc(Cl)cc2Cl)C1)c1ocnc1C1CC1. The van der Waals surface area contributed by atoms with Crippen molar-refractivity contribution in [3.8, 4) is 0 Å². The number of anilines is 1. The number of nitrogens with one attached hydrogen (secondary N) is 1. The Bertz CT molecular complexity index is 773. The van der Waals surface area contributed by atoms with Gasteiger partial charge >= 0.3 is 0 Å². The minimum atomic E-state index is -0.177. The highest BCUT2D eigenvalue weighted by molar-refractivity contribution is 6.36. The van der Waals surface area contributed by atoms with Crippen LogP contribution in [0.4, 0.5) is 5.69 Å². The Morgan fingerprint density at radius 1 is 1.29 bits per heavy atom. The molecule has 1 saturated heterocycles. The molecule has 1 saturated carbocycles. The topological polar surface area (TPSA) is 58.4 Å². The van der Waals surface area contributed by atoms with Crippen molar-refractivity contribution in [2.24, 2.45) is 0 Å². The molecule has 2 heterocycles. The molecule has 0 spiro atoms. The van der Waals surface area contributed by atoms with Gasteiger partial charge in [-0.25, -0.2) is 4.98 Å². The van der Waals surface area contributed by atoms with Crippen molar-refractivity contribution in [1.82, 2.24) is 10.3 Å². The van der Waals surface area contributed by atoms with Gasteiger partial charge in [0, 0.05) is 30.1 Å². The van der Waals surface area contributed by atoms with E-state index >= 15 is 0 Å². The molecule has 2 aliphatic rings. The van der Waals surface area contributed by atoms with Crippen LogP contribution in [0.2, 0.25) is 10.0 Å². The van der Waals surface area contributed by atoms with Crippen molar-refractivity contribution in [3.05, 3.63) is 46.1 Å². The van der Waals surface area contributed by atoms with Crippen molar-refractivity contribution in [1.29, 1.82) is 0 Å². The predicted molar refractivity (Wildman–Crippen MR) is 93.0 cm³/mol. The molecule has 1 N–H and O–H groups in total. The lowest BCUT2D eigenvalue weighted by Crippen LogP contribution is -2.37. The van der Waals surface area contributed by atoms with E-state index in [0.29, 0.717) is 28.3 Å². The lowest BCUT2D eigenvalue weighted by atomic mass is 10.2. The van der Waals surface area contributed by atoms with Gasteiger partial charge in [0.1, 0.15) is 0 Å². The fourth-order valence-electron chi connectivity index (χ4n) is 3.16. The first-order valence-electron chi connectivity index (χ1n) is 8.06. The normalized spacial score (nSPS) is 20.4. The summed E-state index contributed by atoms with van der Waals surface area (Å²) in [6.07, 6.45) is 4.38. The number of carbonyl (C=O) groups excluding carboxylic acids is 1. The second kappa shape index (κ2) is 6.30. The number of hydrogen-bond donors (Lipinski definition) is 1. The fourth-order valence-corrected chi connectivity index (χ4v) is 3.69. The summed E-state index contributed by atoms with van der Waals surface area (Å²) in [5, 5.41) is 4.29. The van der Waals surface area contributed by atoms with Gasteiger partial charge in [-0.1, -0.05) is 23.2 Å². The van der Waals surface area contributed by atoms with E-state index in [4.69, 9.17) is 27.6 Å². The molecule has 1 aromatic heterocycles. The largest absolute Gasteiger partial charge is 0.438 e. The Labute approximate surface area is 149 Å². The summed E-state index contributed by atoms with van der Waals surface area (Å²) in [5.41, 5.74) is 1.74. The lowest BCUT2D eigenvalue weighted by molar-refractivity contribution is 0.0911. The molecule has 2 aromatic rings. The van der Waals surface area contributed by atoms with Crippen LogP contribution in [0.15, 0.2) is 29.0 Å². The summed E-state index contributed by atoms with van der Waals surface area (Å²) in [6.45, 7) is 1.54. The maximum atomic E-state index is 12.5. The van der Waals surface area contributed by atoms with Crippen molar-refractivity contribution >= 4 is 34.8 Å². The maximum absolute atomic E-state index is 12.5. The summed E-state index contributed by atoms with van der Waals surface area (Å²) < 4.78 is 5.31. The molecule has 1 aliphatic heterocycles. The zero-order chi connectivity index (χ0) is 16.7. The van der Waals surface area contributed by atoms with Crippen molar-refractivity contribution in [3.63, 3.8) is 0 Å². The van der Waals surface area contributed by atoms with Gasteiger partial charge in [0.2, 0.25) is 5.76 Å². The average molecular weight is 366 g/mol. The standard InChI is InChI=1S/C17H17Cl2N3O2/c18-11-3-4-14(13(19)7-11)22-6-5-12(8-22)21-17(23)16-15(10-1-2-10)20-9-24-16/h3-4,7,9-10,12H,1-2,5-6,8H2,(H,21,23). The van der Waals surface area contributed by atoms with Crippen molar-refractivity contribution in [2.75, 3.05) is 18.0 Å². The summed E-state index contributed by atoms with van der Waals surface area (Å²) in [5.74, 6) is 0.571. The molecule has 1 aromatic carbocycles. The molecule has 1 aliphatic carbocycles. The van der Waals surface area contributed by atoms with E-state index < -0.39 is 0 Å². The Morgan fingerprint density at radius 3 is 2.88 bits per heavy atom. The van der Waals surface area contributed by atoms with E-state index in [9.17, 15) is 4.79 Å². The van der Waals surface area contributed by atoms with E-state index in [2.05, 4.69) is 15.2 Å². The molecule has 1 amide bonds. The third-order valence-corrected chi connectivity index (χ3v) is 5.08. The molecule has 4 rings (SSSR count). The molecule has 2 fully saturated rings. The first-order chi connectivity index (χ1) is 11.6. The molecule has 126 valence electrons. The van der Waals surface area contributed by atoms with Crippen LogP contribution in [0.1, 0.15) is 41.4 Å². The number of carbonyl (C=O) groups is 1. The number of rotatable bonds is 4. The van der Waals surface area contributed by atoms with Gasteiger partial charge in [0.25, 0.3) is 5.91 Å². The number of hydrogen-bond acceptors (Lipinski definition) is 4. The van der Waals surface area contributed by atoms with E-state index in [-0.39, 0.29) is 11.9 Å². The highest BCUT2D eigenvalue weighted by atomic mass is 35.5. The smallest absolute Gasteiger partial charge is 0.289 e. The van der Waals surface area contributed by atoms with Gasteiger partial charge in [-0.3, -0.25) is 4.79 Å². The van der Waals surface area contributed by atoms with Crippen LogP contribution in [0.5, 0.6) is 0 Å². The molecule has 7 heteroatoms. The first kappa shape index (κ1) is 15.8. The Hall–Kier alpha value is -1.72. The summed E-state index contributed by atoms with van der Waals surface area (Å²) in [7, 11) is 0. The Kier molecular flexibility index (Phi) is 4.14. The average Bonchev–Trinajstić information content (AvgIpc) is 3.08. The number of aromatic nitrogens is 1. The van der Waals surface area contributed by atoms with E-state index in [1.807, 2.05) is 12.1 Å². The Balaban J connectivity index is 1.41. The lowest BCUT2D eigenvalue weighted by Gasteiger charge is -2.20. The monoisotopic (exact) mass is 365 g/mol. The number of benzene rings is 1. The number of oxazole rings is 1. The molecule has 1 atom stereocenters. The van der Waals surface area contributed by atoms with E-state index in [0.717, 1.165) is 37.2 Å². The van der Waals surface area contributed by atoms with Crippen LogP contribution >= 0.6 is 23.2 Å². The number of amides is 1. The van der Waals surface area contributed by atoms with Crippen LogP contribution in [-0.2, 0) is 0 Å². The minimum Gasteiger partial charge on any atom is -0.438 e. The maximum Gasteiger partial charge on any atom is 0.289 e. The van der Waals surface area contributed by atoms with Gasteiger partial charge in [0.15, 0.2) is 6.39 Å². The second-order valence-corrected chi connectivity index (χ2v) is 7.19. The van der Waals surface area contributed by atoms with Gasteiger partial charge in [0.05, 0.1) is 16.4 Å². The highest BCUT2D eigenvalue weighted by Gasteiger charge is 2.33. The van der Waals surface area contributed by atoms with Crippen molar-refractivity contribution < 1.29 is 9.21 Å². The van der Waals surface area contributed by atoms with Crippen LogP contribution in [0, 0.1) is 0 Å². The molecule has 0 bridgehead atoms. The third-order valence-electron chi connectivity index (χ3n) is 4.54. The number of nitrogens with zero attached hydrogens (tertiary/aromatic N) is 2. The van der Waals surface area contributed by atoms with Gasteiger partial charge < -0.3 is 14.6 Å². The minimum absolute atomic E-state index is 0.0568. The summed E-state index contributed by atoms with van der Waals surface area (Å²) in [4.78, 5) is 18.8. The quantitative estimate of drug-likeness (QED) is 0.893. The predicted octanol–water partition coefficient (Wildman–Crippen LogP) is 3.87. The summed E-state index contributed by atoms with van der Waals surface area (Å²) >= 11 is 12.2. The second-order valence-electron chi connectivity index (χ2n) is 6.34.